The Morgan fingerprint density at radius 3 is 2.32 bits per heavy atom. The fourth-order valence-corrected chi connectivity index (χ4v) is 4.14. The summed E-state index contributed by atoms with van der Waals surface area (Å²) in [5.74, 6) is -3.87. The van der Waals surface area contributed by atoms with Crippen LogP contribution in [-0.2, 0) is 9.59 Å². The second-order valence-electron chi connectivity index (χ2n) is 7.36. The van der Waals surface area contributed by atoms with Crippen LogP contribution in [0.3, 0.4) is 0 Å². The highest BCUT2D eigenvalue weighted by atomic mass is 35.5. The smallest absolute Gasteiger partial charge is 0.300 e. The van der Waals surface area contributed by atoms with Crippen molar-refractivity contribution in [2.75, 3.05) is 19.1 Å². The van der Waals surface area contributed by atoms with Crippen LogP contribution < -0.4 is 14.4 Å². The minimum Gasteiger partial charge on any atom is -0.507 e. The quantitative estimate of drug-likeness (QED) is 0.303. The first-order valence-electron chi connectivity index (χ1n) is 10.0. The molecule has 9 heteroatoms. The van der Waals surface area contributed by atoms with Crippen LogP contribution in [0.4, 0.5) is 14.5 Å². The van der Waals surface area contributed by atoms with Crippen molar-refractivity contribution in [3.63, 3.8) is 0 Å². The molecule has 0 bridgehead atoms. The van der Waals surface area contributed by atoms with E-state index in [1.807, 2.05) is 0 Å². The summed E-state index contributed by atoms with van der Waals surface area (Å²) in [6.07, 6.45) is 0. The van der Waals surface area contributed by atoms with E-state index >= 15 is 0 Å². The van der Waals surface area contributed by atoms with Crippen LogP contribution in [-0.4, -0.2) is 31.0 Å². The fourth-order valence-electron chi connectivity index (χ4n) is 3.91. The molecular weight excluding hydrogens is 468 g/mol. The van der Waals surface area contributed by atoms with Crippen LogP contribution in [0, 0.1) is 11.6 Å². The number of carbonyl (C=O) groups excluding carboxylic acids is 2. The van der Waals surface area contributed by atoms with Crippen molar-refractivity contribution in [3.8, 4) is 11.5 Å². The molecule has 1 unspecified atom stereocenters. The van der Waals surface area contributed by atoms with Gasteiger partial charge in [0.2, 0.25) is 0 Å². The van der Waals surface area contributed by atoms with Gasteiger partial charge in [-0.1, -0.05) is 35.9 Å². The number of carbonyl (C=O) groups is 2. The number of ether oxygens (including phenoxy) is 2. The molecule has 1 amide bonds. The molecule has 1 heterocycles. The van der Waals surface area contributed by atoms with Crippen LogP contribution in [0.5, 0.6) is 11.5 Å². The molecule has 0 saturated carbocycles. The molecule has 34 heavy (non-hydrogen) atoms. The Kier molecular flexibility index (Phi) is 6.26. The van der Waals surface area contributed by atoms with Gasteiger partial charge in [-0.25, -0.2) is 8.78 Å². The number of aliphatic hydroxyl groups is 1. The van der Waals surface area contributed by atoms with Crippen molar-refractivity contribution in [2.45, 2.75) is 6.04 Å². The number of halogens is 3. The van der Waals surface area contributed by atoms with E-state index in [1.165, 1.54) is 62.8 Å². The summed E-state index contributed by atoms with van der Waals surface area (Å²) in [5.41, 5.74) is -0.438. The molecule has 6 nitrogen and oxygen atoms in total. The highest BCUT2D eigenvalue weighted by molar-refractivity contribution is 6.51. The van der Waals surface area contributed by atoms with Gasteiger partial charge in [-0.05, 0) is 30.3 Å². The standard InChI is InChI=1S/C25H18ClF2NO5/c1-33-19-12-17(26)20(34-2)11-16(19)23(30)21-22(15-8-3-4-9-18(15)28)29(25(32)24(21)31)14-7-5-6-13(27)10-14/h3-12,22,30H,1-2H3/b23-21+. The minimum atomic E-state index is -1.38. The van der Waals surface area contributed by atoms with Crippen molar-refractivity contribution < 1.29 is 33.0 Å². The number of methoxy groups -OCH3 is 2. The third-order valence-electron chi connectivity index (χ3n) is 5.46. The second-order valence-corrected chi connectivity index (χ2v) is 7.76. The Labute approximate surface area is 198 Å². The predicted octanol–water partition coefficient (Wildman–Crippen LogP) is 5.26. The lowest BCUT2D eigenvalue weighted by atomic mass is 9.94. The monoisotopic (exact) mass is 485 g/mol. The molecular formula is C25H18ClF2NO5. The summed E-state index contributed by atoms with van der Waals surface area (Å²) in [6, 6.07) is 11.8. The molecule has 1 atom stereocenters. The number of rotatable bonds is 5. The van der Waals surface area contributed by atoms with Gasteiger partial charge in [0.05, 0.1) is 36.4 Å². The van der Waals surface area contributed by atoms with Gasteiger partial charge in [0.1, 0.15) is 28.9 Å². The molecule has 3 aromatic rings. The molecule has 0 radical (unpaired) electrons. The Morgan fingerprint density at radius 2 is 1.68 bits per heavy atom. The zero-order chi connectivity index (χ0) is 24.6. The largest absolute Gasteiger partial charge is 0.507 e. The summed E-state index contributed by atoms with van der Waals surface area (Å²) in [6.45, 7) is 0. The first-order chi connectivity index (χ1) is 16.3. The van der Waals surface area contributed by atoms with Gasteiger partial charge >= 0.3 is 0 Å². The van der Waals surface area contributed by atoms with E-state index in [0.717, 1.165) is 17.0 Å². The Hall–Kier alpha value is -3.91. The number of amides is 1. The lowest BCUT2D eigenvalue weighted by Crippen LogP contribution is -2.30. The highest BCUT2D eigenvalue weighted by Crippen LogP contribution is 2.45. The number of aliphatic hydroxyl groups excluding tert-OH is 1. The second kappa shape index (κ2) is 9.15. The van der Waals surface area contributed by atoms with Gasteiger partial charge in [-0.3, -0.25) is 14.5 Å². The van der Waals surface area contributed by atoms with E-state index in [2.05, 4.69) is 0 Å². The molecule has 1 aliphatic heterocycles. The van der Waals surface area contributed by atoms with Crippen LogP contribution in [0.1, 0.15) is 17.2 Å². The van der Waals surface area contributed by atoms with Crippen LogP contribution >= 0.6 is 11.6 Å². The number of hydrogen-bond donors (Lipinski definition) is 1. The number of nitrogens with zero attached hydrogens (tertiary/aromatic N) is 1. The van der Waals surface area contributed by atoms with Gasteiger partial charge < -0.3 is 14.6 Å². The van der Waals surface area contributed by atoms with Gasteiger partial charge in [-0.2, -0.15) is 0 Å². The molecule has 0 spiro atoms. The topological polar surface area (TPSA) is 76.1 Å². The number of anilines is 1. The molecule has 1 fully saturated rings. The van der Waals surface area contributed by atoms with Crippen molar-refractivity contribution in [2.24, 2.45) is 0 Å². The maximum atomic E-state index is 14.9. The van der Waals surface area contributed by atoms with E-state index in [1.54, 1.807) is 0 Å². The summed E-state index contributed by atoms with van der Waals surface area (Å²) in [5, 5.41) is 11.5. The van der Waals surface area contributed by atoms with Gasteiger partial charge in [0.25, 0.3) is 11.7 Å². The lowest BCUT2D eigenvalue weighted by molar-refractivity contribution is -0.132. The summed E-state index contributed by atoms with van der Waals surface area (Å²) < 4.78 is 39.4. The molecule has 3 aromatic carbocycles. The van der Waals surface area contributed by atoms with Crippen molar-refractivity contribution in [3.05, 3.63) is 94.0 Å². The van der Waals surface area contributed by atoms with E-state index in [4.69, 9.17) is 21.1 Å². The number of Topliss-reactive ketones (excluding diaryl/α,β-unsaturated/α-hetero) is 1. The molecule has 174 valence electrons. The van der Waals surface area contributed by atoms with Crippen molar-refractivity contribution in [1.82, 2.24) is 0 Å². The number of hydrogen-bond acceptors (Lipinski definition) is 5. The Morgan fingerprint density at radius 1 is 0.971 bits per heavy atom. The zero-order valence-electron chi connectivity index (χ0n) is 18.0. The minimum absolute atomic E-state index is 0.00216. The summed E-state index contributed by atoms with van der Waals surface area (Å²) in [7, 11) is 2.69. The normalized spacial score (nSPS) is 17.2. The molecule has 1 N–H and O–H groups in total. The summed E-state index contributed by atoms with van der Waals surface area (Å²) in [4.78, 5) is 27.2. The van der Waals surface area contributed by atoms with E-state index in [-0.39, 0.29) is 33.3 Å². The van der Waals surface area contributed by atoms with Gasteiger partial charge in [-0.15, -0.1) is 0 Å². The third kappa shape index (κ3) is 3.86. The Bertz CT molecular complexity index is 1340. The lowest BCUT2D eigenvalue weighted by Gasteiger charge is -2.26. The van der Waals surface area contributed by atoms with Crippen molar-refractivity contribution >= 4 is 34.7 Å². The maximum absolute atomic E-state index is 14.9. The van der Waals surface area contributed by atoms with Crippen LogP contribution in [0.25, 0.3) is 5.76 Å². The zero-order valence-corrected chi connectivity index (χ0v) is 18.8. The molecule has 1 aliphatic rings. The molecule has 0 aliphatic carbocycles. The van der Waals surface area contributed by atoms with E-state index in [9.17, 15) is 23.5 Å². The SMILES string of the molecule is COc1cc(/C(O)=C2\C(=O)C(=O)N(c3cccc(F)c3)C2c2ccccc2F)c(OC)cc1Cl. The number of benzene rings is 3. The first kappa shape index (κ1) is 23.3. The Balaban J connectivity index is 2.03. The van der Waals surface area contributed by atoms with E-state index in [0.29, 0.717) is 0 Å². The predicted molar refractivity (Wildman–Crippen MR) is 122 cm³/mol. The highest BCUT2D eigenvalue weighted by Gasteiger charge is 2.48. The molecule has 0 aromatic heterocycles. The van der Waals surface area contributed by atoms with Gasteiger partial charge in [0.15, 0.2) is 0 Å². The molecule has 4 rings (SSSR count). The van der Waals surface area contributed by atoms with Crippen molar-refractivity contribution in [1.29, 1.82) is 0 Å². The average Bonchev–Trinajstić information content (AvgIpc) is 3.09. The average molecular weight is 486 g/mol. The maximum Gasteiger partial charge on any atom is 0.300 e. The summed E-state index contributed by atoms with van der Waals surface area (Å²) >= 11 is 6.14. The van der Waals surface area contributed by atoms with Crippen LogP contribution in [0.2, 0.25) is 5.02 Å². The third-order valence-corrected chi connectivity index (χ3v) is 5.76. The van der Waals surface area contributed by atoms with Gasteiger partial charge in [0, 0.05) is 17.3 Å². The van der Waals surface area contributed by atoms with Crippen LogP contribution in [0.15, 0.2) is 66.2 Å². The number of ketones is 1. The fraction of sp³-hybridized carbons (Fsp3) is 0.120. The van der Waals surface area contributed by atoms with E-state index < -0.39 is 40.7 Å². The molecule has 1 saturated heterocycles. The first-order valence-corrected chi connectivity index (χ1v) is 10.4.